The Hall–Kier alpha value is -1.20. The monoisotopic (exact) mass is 336 g/mol. The molecular formula is C20H32O4. The summed E-state index contributed by atoms with van der Waals surface area (Å²) in [5.74, 6) is 0. The molecule has 0 bridgehead atoms. The molecule has 0 unspecified atom stereocenters. The summed E-state index contributed by atoms with van der Waals surface area (Å²) in [6.45, 7) is 13.2. The predicted molar refractivity (Wildman–Crippen MR) is 97.5 cm³/mol. The molecule has 0 heterocycles. The van der Waals surface area contributed by atoms with Crippen molar-refractivity contribution in [3.05, 3.63) is 46.6 Å². The van der Waals surface area contributed by atoms with Gasteiger partial charge in [-0.2, -0.15) is 0 Å². The van der Waals surface area contributed by atoms with E-state index in [1.807, 2.05) is 0 Å². The molecule has 0 aromatic rings. The summed E-state index contributed by atoms with van der Waals surface area (Å²) in [7, 11) is 0. The standard InChI is InChI=1S/C20H32O4/c1-17(2,21)13-9-10-15(19(5,6)23)16(20(7,8)24)12-14(11-13)18(3,4)22/h9-12,21-24H,1-8H3/b10-9-,13-9?,13-11+,14-11?,14-12+,15-10?,16-12?,16-15-. The molecule has 0 radical (unpaired) electrons. The van der Waals surface area contributed by atoms with Crippen LogP contribution >= 0.6 is 0 Å². The lowest BCUT2D eigenvalue weighted by molar-refractivity contribution is 0.0985. The maximum atomic E-state index is 10.6. The van der Waals surface area contributed by atoms with E-state index in [4.69, 9.17) is 0 Å². The minimum atomic E-state index is -1.21. The van der Waals surface area contributed by atoms with Crippen LogP contribution in [0.5, 0.6) is 0 Å². The van der Waals surface area contributed by atoms with Gasteiger partial charge >= 0.3 is 0 Å². The number of hydrogen-bond acceptors (Lipinski definition) is 4. The molecule has 0 aromatic heterocycles. The third-order valence-electron chi connectivity index (χ3n) is 4.06. The molecule has 24 heavy (non-hydrogen) atoms. The Kier molecular flexibility index (Phi) is 5.44. The van der Waals surface area contributed by atoms with Crippen molar-refractivity contribution >= 4 is 0 Å². The summed E-state index contributed by atoms with van der Waals surface area (Å²) in [4.78, 5) is 0. The second-order valence-corrected chi connectivity index (χ2v) is 8.60. The van der Waals surface area contributed by atoms with Crippen molar-refractivity contribution in [2.45, 2.75) is 77.8 Å². The van der Waals surface area contributed by atoms with E-state index in [1.54, 1.807) is 79.7 Å². The Morgan fingerprint density at radius 3 is 1.25 bits per heavy atom. The summed E-state index contributed by atoms with van der Waals surface area (Å²) in [6.07, 6.45) is 6.86. The number of hydrogen-bond donors (Lipinski definition) is 4. The van der Waals surface area contributed by atoms with Crippen LogP contribution < -0.4 is 0 Å². The van der Waals surface area contributed by atoms with E-state index in [2.05, 4.69) is 0 Å². The second-order valence-electron chi connectivity index (χ2n) is 8.60. The van der Waals surface area contributed by atoms with Gasteiger partial charge in [0.1, 0.15) is 0 Å². The van der Waals surface area contributed by atoms with Gasteiger partial charge in [0.2, 0.25) is 0 Å². The van der Waals surface area contributed by atoms with Crippen LogP contribution in [0, 0.1) is 0 Å². The molecule has 0 aromatic carbocycles. The largest absolute Gasteiger partial charge is 0.386 e. The first kappa shape index (κ1) is 20.8. The molecule has 4 N–H and O–H groups in total. The third-order valence-corrected chi connectivity index (χ3v) is 4.06. The first-order valence-corrected chi connectivity index (χ1v) is 8.21. The molecule has 1 aliphatic carbocycles. The second kappa shape index (κ2) is 6.26. The lowest BCUT2D eigenvalue weighted by Crippen LogP contribution is -2.32. The fourth-order valence-corrected chi connectivity index (χ4v) is 2.53. The summed E-state index contributed by atoms with van der Waals surface area (Å²) in [5, 5.41) is 42.1. The fraction of sp³-hybridized carbons (Fsp3) is 0.600. The van der Waals surface area contributed by atoms with Crippen molar-refractivity contribution in [1.29, 1.82) is 0 Å². The van der Waals surface area contributed by atoms with Crippen molar-refractivity contribution in [2.75, 3.05) is 0 Å². The third kappa shape index (κ3) is 5.15. The van der Waals surface area contributed by atoms with E-state index < -0.39 is 22.4 Å². The van der Waals surface area contributed by atoms with Crippen LogP contribution in [-0.4, -0.2) is 42.8 Å². The lowest BCUT2D eigenvalue weighted by atomic mass is 9.79. The fourth-order valence-electron chi connectivity index (χ4n) is 2.53. The maximum Gasteiger partial charge on any atom is 0.0844 e. The Labute approximate surface area is 145 Å². The smallest absolute Gasteiger partial charge is 0.0844 e. The molecule has 136 valence electrons. The molecule has 4 heteroatoms. The van der Waals surface area contributed by atoms with Gasteiger partial charge in [-0.05, 0) is 83.8 Å². The first-order valence-electron chi connectivity index (χ1n) is 8.21. The molecular weight excluding hydrogens is 304 g/mol. The van der Waals surface area contributed by atoms with Crippen molar-refractivity contribution in [1.82, 2.24) is 0 Å². The molecule has 0 amide bonds. The number of aliphatic hydroxyl groups is 4. The van der Waals surface area contributed by atoms with E-state index >= 15 is 0 Å². The molecule has 0 saturated heterocycles. The van der Waals surface area contributed by atoms with Crippen LogP contribution in [-0.2, 0) is 0 Å². The molecule has 1 rings (SSSR count). The Balaban J connectivity index is 3.83. The zero-order chi connectivity index (χ0) is 19.1. The van der Waals surface area contributed by atoms with Crippen molar-refractivity contribution in [2.24, 2.45) is 0 Å². The Morgan fingerprint density at radius 2 is 0.917 bits per heavy atom. The van der Waals surface area contributed by atoms with Crippen LogP contribution in [0.15, 0.2) is 46.6 Å². The Bertz CT molecular complexity index is 604. The lowest BCUT2D eigenvalue weighted by Gasteiger charge is -2.32. The van der Waals surface area contributed by atoms with E-state index in [-0.39, 0.29) is 0 Å². The van der Waals surface area contributed by atoms with E-state index in [9.17, 15) is 20.4 Å². The summed E-state index contributed by atoms with van der Waals surface area (Å²) in [5.41, 5.74) is -2.50. The van der Waals surface area contributed by atoms with Gasteiger partial charge in [-0.15, -0.1) is 0 Å². The highest BCUT2D eigenvalue weighted by Gasteiger charge is 2.32. The van der Waals surface area contributed by atoms with Crippen LogP contribution in [0.2, 0.25) is 0 Å². The average molecular weight is 336 g/mol. The topological polar surface area (TPSA) is 80.9 Å². The number of rotatable bonds is 4. The molecule has 0 aliphatic heterocycles. The van der Waals surface area contributed by atoms with E-state index in [0.717, 1.165) is 0 Å². The van der Waals surface area contributed by atoms with Crippen molar-refractivity contribution < 1.29 is 20.4 Å². The minimum Gasteiger partial charge on any atom is -0.386 e. The molecule has 0 spiro atoms. The van der Waals surface area contributed by atoms with E-state index in [1.165, 1.54) is 0 Å². The van der Waals surface area contributed by atoms with Gasteiger partial charge in [-0.25, -0.2) is 0 Å². The molecule has 0 saturated carbocycles. The van der Waals surface area contributed by atoms with Gasteiger partial charge in [-0.1, -0.05) is 18.2 Å². The quantitative estimate of drug-likeness (QED) is 0.636. The zero-order valence-electron chi connectivity index (χ0n) is 16.1. The zero-order valence-corrected chi connectivity index (χ0v) is 16.1. The van der Waals surface area contributed by atoms with Gasteiger partial charge in [0.25, 0.3) is 0 Å². The van der Waals surface area contributed by atoms with Gasteiger partial charge in [-0.3, -0.25) is 0 Å². The Morgan fingerprint density at radius 1 is 0.500 bits per heavy atom. The maximum absolute atomic E-state index is 10.6. The van der Waals surface area contributed by atoms with Gasteiger partial charge in [0.15, 0.2) is 0 Å². The molecule has 4 nitrogen and oxygen atoms in total. The van der Waals surface area contributed by atoms with Crippen LogP contribution in [0.25, 0.3) is 0 Å². The van der Waals surface area contributed by atoms with E-state index in [0.29, 0.717) is 22.3 Å². The highest BCUT2D eigenvalue weighted by Crippen LogP contribution is 2.35. The first-order chi connectivity index (χ1) is 10.4. The van der Waals surface area contributed by atoms with Crippen LogP contribution in [0.4, 0.5) is 0 Å². The molecule has 1 aliphatic rings. The SMILES string of the molecule is CC(C)(O)C1=C(C(C)(C)O)/C=C(C(C)(C)O)\C=C(C(C)(C)O)/C=C\1. The molecule has 0 atom stereocenters. The van der Waals surface area contributed by atoms with Crippen LogP contribution in [0.1, 0.15) is 55.4 Å². The van der Waals surface area contributed by atoms with Gasteiger partial charge in [0, 0.05) is 0 Å². The van der Waals surface area contributed by atoms with Crippen molar-refractivity contribution in [3.8, 4) is 0 Å². The minimum absolute atomic E-state index is 0.523. The van der Waals surface area contributed by atoms with Crippen molar-refractivity contribution in [3.63, 3.8) is 0 Å². The highest BCUT2D eigenvalue weighted by atomic mass is 16.3. The average Bonchev–Trinajstić information content (AvgIpc) is 2.20. The summed E-state index contributed by atoms with van der Waals surface area (Å²) in [6, 6.07) is 0. The van der Waals surface area contributed by atoms with Gasteiger partial charge in [0.05, 0.1) is 22.4 Å². The highest BCUT2D eigenvalue weighted by molar-refractivity contribution is 5.53. The molecule has 0 fully saturated rings. The summed E-state index contributed by atoms with van der Waals surface area (Å²) < 4.78 is 0. The van der Waals surface area contributed by atoms with Crippen LogP contribution in [0.3, 0.4) is 0 Å². The predicted octanol–water partition coefficient (Wildman–Crippen LogP) is 2.79. The van der Waals surface area contributed by atoms with Gasteiger partial charge < -0.3 is 20.4 Å². The summed E-state index contributed by atoms with van der Waals surface area (Å²) >= 11 is 0. The normalized spacial score (nSPS) is 26.8.